The van der Waals surface area contributed by atoms with Crippen molar-refractivity contribution in [3.8, 4) is 0 Å². The third-order valence-corrected chi connectivity index (χ3v) is 53.7. The van der Waals surface area contributed by atoms with E-state index in [9.17, 15) is 0 Å². The molecule has 0 N–H and O–H groups in total. The summed E-state index contributed by atoms with van der Waals surface area (Å²) in [4.78, 5) is 0. The Morgan fingerprint density at radius 3 is 0.958 bits per heavy atom. The monoisotopic (exact) mass is 490 g/mol. The Morgan fingerprint density at radius 1 is 0.333 bits per heavy atom. The Balaban J connectivity index is 1.32. The summed E-state index contributed by atoms with van der Waals surface area (Å²) in [7, 11) is 14.8. The molecule has 0 unspecified atom stereocenters. The van der Waals surface area contributed by atoms with Crippen LogP contribution in [0.4, 0.5) is 0 Å². The first-order chi connectivity index (χ1) is 11.9. The van der Waals surface area contributed by atoms with Gasteiger partial charge in [0.05, 0.1) is 18.1 Å². The summed E-state index contributed by atoms with van der Waals surface area (Å²) in [6, 6.07) is 22.1. The standard InChI is InChI=1S/C12H10Si12/c1-3-7-11(8-4-1)13-15-17-19-21-23-24-22-20-18-16-14-12-9-5-2-6-10-12/h1-10H. The van der Waals surface area contributed by atoms with Crippen molar-refractivity contribution in [1.29, 1.82) is 0 Å². The van der Waals surface area contributed by atoms with Crippen LogP contribution in [0.25, 0.3) is 0 Å². The Kier molecular flexibility index (Phi) is 13.5. The molecule has 0 amide bonds. The smallest absolute Gasteiger partial charge is 0.0604 e. The molecule has 0 nitrogen and oxygen atoms in total. The van der Waals surface area contributed by atoms with Gasteiger partial charge in [0.25, 0.3) is 0 Å². The lowest BCUT2D eigenvalue weighted by Crippen LogP contribution is -2.36. The van der Waals surface area contributed by atoms with Crippen molar-refractivity contribution in [3.63, 3.8) is 0 Å². The maximum absolute atomic E-state index is 2.28. The van der Waals surface area contributed by atoms with E-state index in [1.54, 1.807) is 10.4 Å². The zero-order chi connectivity index (χ0) is 16.7. The molecule has 2 aromatic carbocycles. The van der Waals surface area contributed by atoms with Crippen molar-refractivity contribution in [3.05, 3.63) is 60.7 Å². The molecule has 24 radical (unpaired) electrons. The SMILES string of the molecule is c1ccc([Si][Si][Si][Si][Si][Si][Si][Si][Si][Si][Si][Si]c2ccccc2)cc1. The fourth-order valence-electron chi connectivity index (χ4n) is 1.50. The summed E-state index contributed by atoms with van der Waals surface area (Å²) in [6.45, 7) is 0. The highest BCUT2D eigenvalue weighted by Gasteiger charge is 2.00. The maximum Gasteiger partial charge on any atom is 0.0604 e. The van der Waals surface area contributed by atoms with Gasteiger partial charge in [-0.25, -0.2) is 0 Å². The van der Waals surface area contributed by atoms with Crippen molar-refractivity contribution in [2.75, 3.05) is 0 Å². The van der Waals surface area contributed by atoms with Crippen LogP contribution in [0, 0.1) is 0 Å². The van der Waals surface area contributed by atoms with Gasteiger partial charge >= 0.3 is 0 Å². The average Bonchev–Trinajstić information content (AvgIpc) is 2.64. The lowest BCUT2D eigenvalue weighted by molar-refractivity contribution is 1.77. The van der Waals surface area contributed by atoms with Crippen molar-refractivity contribution in [2.45, 2.75) is 0 Å². The number of rotatable bonds is 13. The van der Waals surface area contributed by atoms with Crippen LogP contribution in [0.1, 0.15) is 0 Å². The maximum atomic E-state index is 2.28. The highest BCUT2D eigenvalue weighted by Crippen LogP contribution is 1.80. The molecular weight excluding hydrogens is 481 g/mol. The summed E-state index contributed by atoms with van der Waals surface area (Å²) in [6.07, 6.45) is 0. The Hall–Kier alpha value is 1.04. The second-order valence-corrected chi connectivity index (χ2v) is 39.9. The fraction of sp³-hybridized carbons (Fsp3) is 0. The minimum atomic E-state index is 1.07. The number of benzene rings is 2. The van der Waals surface area contributed by atoms with Crippen LogP contribution >= 0.6 is 0 Å². The molecule has 2 rings (SSSR count). The van der Waals surface area contributed by atoms with Crippen molar-refractivity contribution in [2.24, 2.45) is 0 Å². The third kappa shape index (κ3) is 10.9. The van der Waals surface area contributed by atoms with Crippen LogP contribution in [0.5, 0.6) is 0 Å². The fourth-order valence-corrected chi connectivity index (χ4v) is 72.5. The molecule has 0 spiro atoms. The van der Waals surface area contributed by atoms with Gasteiger partial charge in [0.1, 0.15) is 0 Å². The molecule has 0 saturated carbocycles. The average molecular weight is 491 g/mol. The van der Waals surface area contributed by atoms with Crippen molar-refractivity contribution < 1.29 is 0 Å². The van der Waals surface area contributed by atoms with Crippen LogP contribution in [-0.4, -0.2) is 104 Å². The van der Waals surface area contributed by atoms with Crippen LogP contribution in [-0.2, 0) is 0 Å². The van der Waals surface area contributed by atoms with E-state index in [0.717, 1.165) is 18.1 Å². The lowest BCUT2D eigenvalue weighted by atomic mass is 10.4. The third-order valence-electron chi connectivity index (χ3n) is 2.52. The summed E-state index contributed by atoms with van der Waals surface area (Å²) < 4.78 is 0. The molecule has 0 fully saturated rings. The van der Waals surface area contributed by atoms with Crippen LogP contribution in [0.3, 0.4) is 0 Å². The molecule has 12 heteroatoms. The highest BCUT2D eigenvalue weighted by atomic mass is 30.0. The summed E-state index contributed by atoms with van der Waals surface area (Å²) >= 11 is 0. The molecule has 0 aromatic heterocycles. The molecule has 0 aliphatic rings. The van der Waals surface area contributed by atoms with Crippen LogP contribution < -0.4 is 10.4 Å². The van der Waals surface area contributed by atoms with E-state index >= 15 is 0 Å². The van der Waals surface area contributed by atoms with Gasteiger partial charge in [-0.2, -0.15) is 0 Å². The highest BCUT2D eigenvalue weighted by molar-refractivity contribution is 7.71. The van der Waals surface area contributed by atoms with Gasteiger partial charge in [-0.15, -0.1) is 0 Å². The van der Waals surface area contributed by atoms with Gasteiger partial charge in [0, 0.05) is 85.5 Å². The van der Waals surface area contributed by atoms with Gasteiger partial charge in [0.2, 0.25) is 0 Å². The van der Waals surface area contributed by atoms with Crippen LogP contribution in [0.2, 0.25) is 0 Å². The minimum absolute atomic E-state index is 1.07. The van der Waals surface area contributed by atoms with E-state index in [2.05, 4.69) is 60.7 Å². The first-order valence-electron chi connectivity index (χ1n) is 7.07. The molecule has 0 aliphatic heterocycles. The van der Waals surface area contributed by atoms with Crippen molar-refractivity contribution >= 4 is 114 Å². The van der Waals surface area contributed by atoms with Crippen LogP contribution in [0.15, 0.2) is 60.7 Å². The zero-order valence-electron chi connectivity index (χ0n) is 12.8. The Bertz CT molecular complexity index is 475. The molecule has 0 saturated heterocycles. The largest absolute Gasteiger partial charge is 0.0681 e. The van der Waals surface area contributed by atoms with Gasteiger partial charge in [0.15, 0.2) is 0 Å². The van der Waals surface area contributed by atoms with E-state index in [1.165, 1.54) is 85.5 Å². The van der Waals surface area contributed by atoms with E-state index in [-0.39, 0.29) is 0 Å². The molecule has 106 valence electrons. The van der Waals surface area contributed by atoms with E-state index in [0.29, 0.717) is 0 Å². The minimum Gasteiger partial charge on any atom is -0.0681 e. The van der Waals surface area contributed by atoms with E-state index < -0.39 is 0 Å². The molecular formula is C12H10Si12. The Morgan fingerprint density at radius 2 is 0.625 bits per heavy atom. The zero-order valence-corrected chi connectivity index (χ0v) is 24.8. The quantitative estimate of drug-likeness (QED) is 0.209. The molecule has 0 atom stereocenters. The molecule has 0 aliphatic carbocycles. The van der Waals surface area contributed by atoms with E-state index in [1.807, 2.05) is 0 Å². The van der Waals surface area contributed by atoms with Crippen molar-refractivity contribution in [1.82, 2.24) is 0 Å². The second-order valence-electron chi connectivity index (χ2n) is 4.23. The summed E-state index contributed by atoms with van der Waals surface area (Å²) in [5.41, 5.74) is 0. The predicted octanol–water partition coefficient (Wildman–Crippen LogP) is -2.85. The molecule has 0 heterocycles. The van der Waals surface area contributed by atoms with E-state index in [4.69, 9.17) is 0 Å². The number of hydrogen-bond donors (Lipinski definition) is 0. The first-order valence-corrected chi connectivity index (χ1v) is 30.1. The van der Waals surface area contributed by atoms with Gasteiger partial charge in [-0.1, -0.05) is 71.0 Å². The molecule has 24 heavy (non-hydrogen) atoms. The lowest BCUT2D eigenvalue weighted by Gasteiger charge is -1.99. The molecule has 0 bridgehead atoms. The first kappa shape index (κ1) is 21.3. The second kappa shape index (κ2) is 15.1. The normalized spacial score (nSPS) is 10.8. The topological polar surface area (TPSA) is 0 Å². The van der Waals surface area contributed by atoms with Gasteiger partial charge < -0.3 is 0 Å². The Labute approximate surface area is 173 Å². The molecule has 2 aromatic rings. The predicted molar refractivity (Wildman–Crippen MR) is 121 cm³/mol. The number of hydrogen-bond acceptors (Lipinski definition) is 0. The van der Waals surface area contributed by atoms with Gasteiger partial charge in [-0.05, 0) is 0 Å². The summed E-state index contributed by atoms with van der Waals surface area (Å²) in [5, 5.41) is 3.11. The van der Waals surface area contributed by atoms with Gasteiger partial charge in [-0.3, -0.25) is 0 Å². The summed E-state index contributed by atoms with van der Waals surface area (Å²) in [5.74, 6) is 0.